The highest BCUT2D eigenvalue weighted by Crippen LogP contribution is 2.38. The predicted octanol–water partition coefficient (Wildman–Crippen LogP) is 4.14. The molecule has 0 radical (unpaired) electrons. The van der Waals surface area contributed by atoms with E-state index < -0.39 is 11.5 Å². The van der Waals surface area contributed by atoms with E-state index in [1.54, 1.807) is 7.11 Å². The molecule has 0 aliphatic carbocycles. The Morgan fingerprint density at radius 2 is 1.61 bits per heavy atom. The molecule has 0 spiro atoms. The zero-order valence-corrected chi connectivity index (χ0v) is 19.4. The Bertz CT molecular complexity index is 1510. The van der Waals surface area contributed by atoms with E-state index in [0.29, 0.717) is 5.75 Å². The number of hydrogen-bond acceptors (Lipinski definition) is 6. The summed E-state index contributed by atoms with van der Waals surface area (Å²) in [6.07, 6.45) is 1.31. The molecule has 3 aromatic carbocycles. The monoisotopic (exact) mass is 481 g/mol. The summed E-state index contributed by atoms with van der Waals surface area (Å²) in [4.78, 5) is 38.0. The van der Waals surface area contributed by atoms with Crippen molar-refractivity contribution < 1.29 is 14.6 Å². The van der Waals surface area contributed by atoms with E-state index in [1.807, 2.05) is 89.8 Å². The molecule has 0 fully saturated rings. The smallest absolute Gasteiger partial charge is 0.323 e. The van der Waals surface area contributed by atoms with E-state index in [2.05, 4.69) is 9.97 Å². The van der Waals surface area contributed by atoms with Gasteiger partial charge in [-0.15, -0.1) is 0 Å². The maximum absolute atomic E-state index is 13.1. The third-order valence-electron chi connectivity index (χ3n) is 5.84. The number of hydrogen-bond donors (Lipinski definition) is 2. The fourth-order valence-corrected chi connectivity index (χ4v) is 4.22. The van der Waals surface area contributed by atoms with Crippen LogP contribution in [0.1, 0.15) is 17.2 Å². The summed E-state index contributed by atoms with van der Waals surface area (Å²) in [5.41, 5.74) is 2.50. The average Bonchev–Trinajstić information content (AvgIpc) is 3.30. The number of carbonyl (C=O) groups is 1. The van der Waals surface area contributed by atoms with Gasteiger partial charge in [-0.05, 0) is 35.4 Å². The summed E-state index contributed by atoms with van der Waals surface area (Å²) >= 11 is 0. The Kier molecular flexibility index (Phi) is 6.19. The van der Waals surface area contributed by atoms with Crippen LogP contribution in [-0.2, 0) is 11.3 Å². The first-order valence-electron chi connectivity index (χ1n) is 11.3. The molecule has 0 saturated heterocycles. The van der Waals surface area contributed by atoms with Crippen molar-refractivity contribution in [1.82, 2.24) is 19.5 Å². The molecule has 0 saturated carbocycles. The van der Waals surface area contributed by atoms with Gasteiger partial charge in [-0.1, -0.05) is 60.7 Å². The number of methoxy groups -OCH3 is 1. The SMILES string of the molecule is COc1ccc(N(c2nc3c(ncn3CC(=O)O)c(=O)[nH]2)C(c2ccccc2)c2ccccc2)cc1. The van der Waals surface area contributed by atoms with Crippen LogP contribution >= 0.6 is 0 Å². The van der Waals surface area contributed by atoms with Crippen molar-refractivity contribution in [2.75, 3.05) is 12.0 Å². The lowest BCUT2D eigenvalue weighted by Gasteiger charge is -2.33. The van der Waals surface area contributed by atoms with Crippen molar-refractivity contribution in [3.8, 4) is 5.75 Å². The Labute approximate surface area is 206 Å². The molecule has 2 heterocycles. The number of aromatic nitrogens is 4. The second-order valence-electron chi connectivity index (χ2n) is 8.12. The van der Waals surface area contributed by atoms with Crippen molar-refractivity contribution in [2.24, 2.45) is 0 Å². The summed E-state index contributed by atoms with van der Waals surface area (Å²) in [7, 11) is 1.60. The van der Waals surface area contributed by atoms with Crippen molar-refractivity contribution in [3.05, 3.63) is 113 Å². The van der Waals surface area contributed by atoms with Gasteiger partial charge in [0.1, 0.15) is 12.3 Å². The van der Waals surface area contributed by atoms with Gasteiger partial charge in [0, 0.05) is 5.69 Å². The number of carboxylic acid groups (broad SMARTS) is 1. The van der Waals surface area contributed by atoms with Crippen LogP contribution in [-0.4, -0.2) is 37.7 Å². The number of aromatic amines is 1. The quantitative estimate of drug-likeness (QED) is 0.342. The van der Waals surface area contributed by atoms with Gasteiger partial charge in [-0.3, -0.25) is 14.6 Å². The van der Waals surface area contributed by atoms with Gasteiger partial charge in [-0.25, -0.2) is 4.98 Å². The standard InChI is InChI=1S/C27H23N5O4/c1-36-21-14-12-20(13-15-21)32(24(18-8-4-2-5-9-18)19-10-6-3-7-11-19)27-29-25-23(26(35)30-27)28-17-31(25)16-22(33)34/h2-15,17,24H,16H2,1H3,(H,33,34)(H,29,30,35). The van der Waals surface area contributed by atoms with E-state index in [-0.39, 0.29) is 29.7 Å². The van der Waals surface area contributed by atoms with Crippen molar-refractivity contribution in [1.29, 1.82) is 0 Å². The van der Waals surface area contributed by atoms with Crippen molar-refractivity contribution in [2.45, 2.75) is 12.6 Å². The van der Waals surface area contributed by atoms with E-state index in [0.717, 1.165) is 16.8 Å². The number of ether oxygens (including phenoxy) is 1. The number of benzene rings is 3. The Morgan fingerprint density at radius 1 is 1.00 bits per heavy atom. The Hall–Kier alpha value is -4.92. The molecule has 180 valence electrons. The Balaban J connectivity index is 1.77. The molecular weight excluding hydrogens is 458 g/mol. The van der Waals surface area contributed by atoms with Crippen LogP contribution in [0.2, 0.25) is 0 Å². The number of rotatable bonds is 8. The molecule has 2 aromatic heterocycles. The van der Waals surface area contributed by atoms with E-state index in [4.69, 9.17) is 9.72 Å². The molecule has 0 amide bonds. The summed E-state index contributed by atoms with van der Waals surface area (Å²) in [6.45, 7) is -0.365. The number of H-pyrrole nitrogens is 1. The highest BCUT2D eigenvalue weighted by molar-refractivity contribution is 5.75. The molecule has 0 atom stereocenters. The first-order valence-corrected chi connectivity index (χ1v) is 11.3. The minimum absolute atomic E-state index is 0.0747. The number of nitrogens with zero attached hydrogens (tertiary/aromatic N) is 4. The number of fused-ring (bicyclic) bond motifs is 1. The lowest BCUT2D eigenvalue weighted by Crippen LogP contribution is -2.29. The van der Waals surface area contributed by atoms with E-state index in [1.165, 1.54) is 10.9 Å². The summed E-state index contributed by atoms with van der Waals surface area (Å²) in [5, 5.41) is 9.32. The molecule has 9 heteroatoms. The molecule has 2 N–H and O–H groups in total. The normalized spacial score (nSPS) is 11.1. The third kappa shape index (κ3) is 4.41. The molecule has 0 aliphatic heterocycles. The lowest BCUT2D eigenvalue weighted by atomic mass is 9.96. The molecule has 9 nitrogen and oxygen atoms in total. The van der Waals surface area contributed by atoms with Crippen LogP contribution in [0.3, 0.4) is 0 Å². The van der Waals surface area contributed by atoms with Crippen LogP contribution in [0.5, 0.6) is 5.75 Å². The van der Waals surface area contributed by atoms with Gasteiger partial charge in [0.05, 0.1) is 19.5 Å². The fraction of sp³-hybridized carbons (Fsp3) is 0.111. The molecule has 0 unspecified atom stereocenters. The summed E-state index contributed by atoms with van der Waals surface area (Å²) in [6, 6.07) is 26.8. The van der Waals surface area contributed by atoms with Gasteiger partial charge in [0.25, 0.3) is 5.56 Å². The number of imidazole rings is 1. The first-order chi connectivity index (χ1) is 17.5. The van der Waals surface area contributed by atoms with Gasteiger partial charge >= 0.3 is 5.97 Å². The average molecular weight is 482 g/mol. The lowest BCUT2D eigenvalue weighted by molar-refractivity contribution is -0.137. The van der Waals surface area contributed by atoms with Gasteiger partial charge in [0.15, 0.2) is 11.2 Å². The maximum atomic E-state index is 13.1. The fourth-order valence-electron chi connectivity index (χ4n) is 4.22. The number of carboxylic acids is 1. The first kappa shape index (κ1) is 22.9. The molecule has 5 rings (SSSR count). The van der Waals surface area contributed by atoms with Crippen molar-refractivity contribution >= 4 is 28.8 Å². The van der Waals surface area contributed by atoms with Gasteiger partial charge in [-0.2, -0.15) is 4.98 Å². The van der Waals surface area contributed by atoms with E-state index >= 15 is 0 Å². The van der Waals surface area contributed by atoms with Crippen LogP contribution in [0.25, 0.3) is 11.2 Å². The van der Waals surface area contributed by atoms with Crippen LogP contribution in [0.15, 0.2) is 96.1 Å². The second-order valence-corrected chi connectivity index (χ2v) is 8.12. The summed E-state index contributed by atoms with van der Waals surface area (Å²) in [5.74, 6) is -0.120. The zero-order valence-electron chi connectivity index (χ0n) is 19.4. The van der Waals surface area contributed by atoms with Crippen LogP contribution < -0.4 is 15.2 Å². The number of nitrogens with one attached hydrogen (secondary N) is 1. The Morgan fingerprint density at radius 3 is 2.17 bits per heavy atom. The minimum Gasteiger partial charge on any atom is -0.497 e. The second kappa shape index (κ2) is 9.75. The number of anilines is 2. The third-order valence-corrected chi connectivity index (χ3v) is 5.84. The van der Waals surface area contributed by atoms with Gasteiger partial charge < -0.3 is 19.3 Å². The highest BCUT2D eigenvalue weighted by atomic mass is 16.5. The molecule has 36 heavy (non-hydrogen) atoms. The molecule has 0 aliphatic rings. The van der Waals surface area contributed by atoms with Crippen LogP contribution in [0, 0.1) is 0 Å². The van der Waals surface area contributed by atoms with Crippen molar-refractivity contribution in [3.63, 3.8) is 0 Å². The maximum Gasteiger partial charge on any atom is 0.323 e. The summed E-state index contributed by atoms with van der Waals surface area (Å²) < 4.78 is 6.69. The highest BCUT2D eigenvalue weighted by Gasteiger charge is 2.27. The molecular formula is C27H23N5O4. The van der Waals surface area contributed by atoms with Crippen LogP contribution in [0.4, 0.5) is 11.6 Å². The largest absolute Gasteiger partial charge is 0.497 e. The molecule has 0 bridgehead atoms. The zero-order chi connectivity index (χ0) is 25.1. The number of aliphatic carboxylic acids is 1. The van der Waals surface area contributed by atoms with Gasteiger partial charge in [0.2, 0.25) is 5.95 Å². The molecule has 5 aromatic rings. The van der Waals surface area contributed by atoms with E-state index in [9.17, 15) is 14.7 Å². The topological polar surface area (TPSA) is 113 Å². The predicted molar refractivity (Wildman–Crippen MR) is 136 cm³/mol. The minimum atomic E-state index is -1.06.